The first-order chi connectivity index (χ1) is 8.56. The second-order valence-corrected chi connectivity index (χ2v) is 4.93. The number of rotatable bonds is 6. The van der Waals surface area contributed by atoms with Gasteiger partial charge in [0.05, 0.1) is 18.1 Å². The van der Waals surface area contributed by atoms with Gasteiger partial charge in [-0.1, -0.05) is 6.92 Å². The highest BCUT2D eigenvalue weighted by molar-refractivity contribution is 5.69. The number of hydrogen-bond donors (Lipinski definition) is 1. The summed E-state index contributed by atoms with van der Waals surface area (Å²) in [5.74, 6) is -0.654. The number of aromatic nitrogens is 4. The van der Waals surface area contributed by atoms with Crippen molar-refractivity contribution in [2.45, 2.75) is 44.8 Å². The third-order valence-corrected chi connectivity index (χ3v) is 3.65. The molecular formula is C11H18N4O3. The lowest BCUT2D eigenvalue weighted by Crippen LogP contribution is -2.42. The maximum atomic E-state index is 10.8. The Morgan fingerprint density at radius 3 is 2.83 bits per heavy atom. The minimum absolute atomic E-state index is 0.154. The van der Waals surface area contributed by atoms with Crippen LogP contribution in [0.3, 0.4) is 0 Å². The van der Waals surface area contributed by atoms with Gasteiger partial charge < -0.3 is 9.84 Å². The highest BCUT2D eigenvalue weighted by Crippen LogP contribution is 2.37. The molecule has 1 atom stereocenters. The van der Waals surface area contributed by atoms with E-state index in [1.165, 1.54) is 0 Å². The normalized spacial score (nSPS) is 19.2. The van der Waals surface area contributed by atoms with E-state index in [0.717, 1.165) is 19.3 Å². The standard InChI is InChI=1S/C11H18N4O3/c1-8(10(16)17)7-15-9(12-13-14-15)6-11(18-2)4-3-5-11/h8H,3-7H2,1-2H3,(H,16,17). The number of hydrogen-bond acceptors (Lipinski definition) is 5. The van der Waals surface area contributed by atoms with Gasteiger partial charge in [0.25, 0.3) is 0 Å². The summed E-state index contributed by atoms with van der Waals surface area (Å²) in [6.45, 7) is 1.93. The van der Waals surface area contributed by atoms with E-state index in [1.54, 1.807) is 18.7 Å². The van der Waals surface area contributed by atoms with Gasteiger partial charge in [-0.05, 0) is 29.7 Å². The fraction of sp³-hybridized carbons (Fsp3) is 0.818. The first-order valence-corrected chi connectivity index (χ1v) is 6.09. The number of nitrogens with zero attached hydrogens (tertiary/aromatic N) is 4. The first-order valence-electron chi connectivity index (χ1n) is 6.09. The molecule has 0 bridgehead atoms. The Hall–Kier alpha value is -1.50. The van der Waals surface area contributed by atoms with Crippen molar-refractivity contribution in [2.24, 2.45) is 5.92 Å². The highest BCUT2D eigenvalue weighted by Gasteiger charge is 2.38. The quantitative estimate of drug-likeness (QED) is 0.795. The number of carbonyl (C=O) groups is 1. The SMILES string of the molecule is COC1(Cc2nnnn2CC(C)C(=O)O)CCC1. The molecule has 0 spiro atoms. The molecule has 1 saturated carbocycles. The Kier molecular flexibility index (Phi) is 3.60. The predicted octanol–water partition coefficient (Wildman–Crippen LogP) is 0.505. The summed E-state index contributed by atoms with van der Waals surface area (Å²) in [7, 11) is 1.70. The highest BCUT2D eigenvalue weighted by atomic mass is 16.5. The van der Waals surface area contributed by atoms with Crippen molar-refractivity contribution in [2.75, 3.05) is 7.11 Å². The monoisotopic (exact) mass is 254 g/mol. The molecule has 1 fully saturated rings. The lowest BCUT2D eigenvalue weighted by Gasteiger charge is -2.40. The molecule has 7 heteroatoms. The molecule has 2 rings (SSSR count). The van der Waals surface area contributed by atoms with Crippen molar-refractivity contribution in [3.8, 4) is 0 Å². The van der Waals surface area contributed by atoms with Crippen LogP contribution in [0.4, 0.5) is 0 Å². The second-order valence-electron chi connectivity index (χ2n) is 4.93. The molecule has 0 saturated heterocycles. The summed E-state index contributed by atoms with van der Waals surface area (Å²) in [5, 5.41) is 20.4. The van der Waals surface area contributed by atoms with Gasteiger partial charge in [-0.25, -0.2) is 4.68 Å². The molecule has 1 aromatic rings. The van der Waals surface area contributed by atoms with Crippen molar-refractivity contribution in [3.05, 3.63) is 5.82 Å². The second kappa shape index (κ2) is 5.01. The van der Waals surface area contributed by atoms with Gasteiger partial charge in [-0.15, -0.1) is 5.10 Å². The fourth-order valence-corrected chi connectivity index (χ4v) is 2.14. The maximum absolute atomic E-state index is 10.8. The number of ether oxygens (including phenoxy) is 1. The summed E-state index contributed by atoms with van der Waals surface area (Å²) >= 11 is 0. The van der Waals surface area contributed by atoms with Crippen LogP contribution >= 0.6 is 0 Å². The van der Waals surface area contributed by atoms with Gasteiger partial charge in [0.2, 0.25) is 0 Å². The lowest BCUT2D eigenvalue weighted by atomic mass is 9.77. The van der Waals surface area contributed by atoms with E-state index in [-0.39, 0.29) is 12.1 Å². The summed E-state index contributed by atoms with van der Waals surface area (Å²) < 4.78 is 7.10. The summed E-state index contributed by atoms with van der Waals surface area (Å²) in [5.41, 5.74) is -0.154. The van der Waals surface area contributed by atoms with E-state index < -0.39 is 11.9 Å². The van der Waals surface area contributed by atoms with Gasteiger partial charge >= 0.3 is 5.97 Å². The molecule has 1 unspecified atom stereocenters. The molecule has 1 aliphatic rings. The van der Waals surface area contributed by atoms with Crippen LogP contribution in [0.2, 0.25) is 0 Å². The lowest BCUT2D eigenvalue weighted by molar-refractivity contribution is -0.141. The average molecular weight is 254 g/mol. The first kappa shape index (κ1) is 12.9. The van der Waals surface area contributed by atoms with Crippen LogP contribution in [0.5, 0.6) is 0 Å². The molecule has 7 nitrogen and oxygen atoms in total. The number of carboxylic acid groups (broad SMARTS) is 1. The van der Waals surface area contributed by atoms with E-state index in [4.69, 9.17) is 9.84 Å². The van der Waals surface area contributed by atoms with Crippen LogP contribution in [0, 0.1) is 5.92 Å². The van der Waals surface area contributed by atoms with Crippen LogP contribution in [-0.2, 0) is 22.5 Å². The predicted molar refractivity (Wildman–Crippen MR) is 61.9 cm³/mol. The van der Waals surface area contributed by atoms with E-state index in [0.29, 0.717) is 12.2 Å². The van der Waals surface area contributed by atoms with Gasteiger partial charge in [0.15, 0.2) is 5.82 Å². The molecule has 100 valence electrons. The molecule has 0 radical (unpaired) electrons. The number of aliphatic carboxylic acids is 1. The van der Waals surface area contributed by atoms with Crippen LogP contribution in [0.1, 0.15) is 32.0 Å². The van der Waals surface area contributed by atoms with Crippen molar-refractivity contribution < 1.29 is 14.6 Å². The summed E-state index contributed by atoms with van der Waals surface area (Å²) in [6.07, 6.45) is 3.81. The van der Waals surface area contributed by atoms with Crippen LogP contribution < -0.4 is 0 Å². The Labute approximate surface area is 105 Å². The Morgan fingerprint density at radius 1 is 1.61 bits per heavy atom. The van der Waals surface area contributed by atoms with Gasteiger partial charge in [0, 0.05) is 13.5 Å². The molecule has 18 heavy (non-hydrogen) atoms. The minimum atomic E-state index is -0.846. The maximum Gasteiger partial charge on any atom is 0.308 e. The van der Waals surface area contributed by atoms with Crippen LogP contribution in [-0.4, -0.2) is 44.0 Å². The zero-order chi connectivity index (χ0) is 13.2. The Bertz CT molecular complexity index is 422. The Morgan fingerprint density at radius 2 is 2.33 bits per heavy atom. The smallest absolute Gasteiger partial charge is 0.308 e. The minimum Gasteiger partial charge on any atom is -0.481 e. The zero-order valence-electron chi connectivity index (χ0n) is 10.7. The van der Waals surface area contributed by atoms with E-state index in [2.05, 4.69) is 15.5 Å². The van der Waals surface area contributed by atoms with Gasteiger partial charge in [-0.2, -0.15) is 0 Å². The van der Waals surface area contributed by atoms with Crippen molar-refractivity contribution in [1.82, 2.24) is 20.2 Å². The third kappa shape index (κ3) is 2.50. The van der Waals surface area contributed by atoms with Crippen LogP contribution in [0.15, 0.2) is 0 Å². The summed E-state index contributed by atoms with van der Waals surface area (Å²) in [6, 6.07) is 0. The number of tetrazole rings is 1. The fourth-order valence-electron chi connectivity index (χ4n) is 2.14. The van der Waals surface area contributed by atoms with E-state index in [1.807, 2.05) is 0 Å². The average Bonchev–Trinajstić information content (AvgIpc) is 2.70. The molecule has 1 aromatic heterocycles. The molecule has 1 heterocycles. The van der Waals surface area contributed by atoms with Crippen LogP contribution in [0.25, 0.3) is 0 Å². The number of methoxy groups -OCH3 is 1. The molecule has 0 aromatic carbocycles. The molecule has 1 aliphatic carbocycles. The van der Waals surface area contributed by atoms with Crippen molar-refractivity contribution in [3.63, 3.8) is 0 Å². The van der Waals surface area contributed by atoms with Gasteiger partial charge in [0.1, 0.15) is 0 Å². The van der Waals surface area contributed by atoms with Gasteiger partial charge in [-0.3, -0.25) is 4.79 Å². The summed E-state index contributed by atoms with van der Waals surface area (Å²) in [4.78, 5) is 10.8. The van der Waals surface area contributed by atoms with E-state index >= 15 is 0 Å². The molecule has 0 aliphatic heterocycles. The van der Waals surface area contributed by atoms with Crippen molar-refractivity contribution in [1.29, 1.82) is 0 Å². The largest absolute Gasteiger partial charge is 0.481 e. The third-order valence-electron chi connectivity index (χ3n) is 3.65. The van der Waals surface area contributed by atoms with Crippen molar-refractivity contribution >= 4 is 5.97 Å². The molecule has 1 N–H and O–H groups in total. The molecular weight excluding hydrogens is 236 g/mol. The topological polar surface area (TPSA) is 90.1 Å². The molecule has 0 amide bonds. The zero-order valence-corrected chi connectivity index (χ0v) is 10.7. The van der Waals surface area contributed by atoms with E-state index in [9.17, 15) is 4.79 Å². The Balaban J connectivity index is 2.05. The number of carboxylic acids is 1.